The molecule has 2 aromatic heterocycles. The summed E-state index contributed by atoms with van der Waals surface area (Å²) < 4.78 is 7.78. The van der Waals surface area contributed by atoms with Gasteiger partial charge in [-0.2, -0.15) is 5.10 Å². The molecule has 2 aromatic carbocycles. The van der Waals surface area contributed by atoms with Crippen LogP contribution in [0.5, 0.6) is 0 Å². The summed E-state index contributed by atoms with van der Waals surface area (Å²) in [5.74, 6) is 0.568. The molecule has 0 aliphatic rings. The van der Waals surface area contributed by atoms with Gasteiger partial charge in [-0.15, -0.1) is 0 Å². The summed E-state index contributed by atoms with van der Waals surface area (Å²) in [7, 11) is 0. The number of rotatable bonds is 2. The van der Waals surface area contributed by atoms with Crippen LogP contribution in [0.3, 0.4) is 0 Å². The smallest absolute Gasteiger partial charge is 0.193 e. The monoisotopic (exact) mass is 316 g/mol. The molecule has 4 rings (SSSR count). The Labute approximate surface area is 139 Å². The first-order chi connectivity index (χ1) is 11.6. The highest BCUT2D eigenvalue weighted by atomic mass is 16.3. The molecule has 24 heavy (non-hydrogen) atoms. The van der Waals surface area contributed by atoms with Crippen molar-refractivity contribution in [3.63, 3.8) is 0 Å². The van der Waals surface area contributed by atoms with Gasteiger partial charge in [0.15, 0.2) is 5.43 Å². The second-order valence-electron chi connectivity index (χ2n) is 5.86. The average Bonchev–Trinajstić information content (AvgIpc) is 2.93. The molecule has 0 aliphatic carbocycles. The van der Waals surface area contributed by atoms with Gasteiger partial charge in [-0.1, -0.05) is 12.1 Å². The lowest BCUT2D eigenvalue weighted by molar-refractivity contribution is 0.619. The molecular weight excluding hydrogens is 300 g/mol. The molecule has 0 bridgehead atoms. The van der Waals surface area contributed by atoms with Crippen LogP contribution < -0.4 is 5.43 Å². The SMILES string of the molecule is Cc1cc(C)n(-c2ccc(-c3cc(=O)c4ccccc4o3)cc2)n1. The van der Waals surface area contributed by atoms with E-state index in [1.54, 1.807) is 12.1 Å². The van der Waals surface area contributed by atoms with Gasteiger partial charge in [-0.05, 0) is 56.3 Å². The first-order valence-corrected chi connectivity index (χ1v) is 7.79. The summed E-state index contributed by atoms with van der Waals surface area (Å²) in [5.41, 5.74) is 4.47. The van der Waals surface area contributed by atoms with Gasteiger partial charge in [0.2, 0.25) is 0 Å². The van der Waals surface area contributed by atoms with E-state index in [1.807, 2.05) is 67.1 Å². The fraction of sp³-hybridized carbons (Fsp3) is 0.100. The Morgan fingerprint density at radius 3 is 2.42 bits per heavy atom. The normalized spacial score (nSPS) is 11.1. The number of aryl methyl sites for hydroxylation is 2. The van der Waals surface area contributed by atoms with Crippen molar-refractivity contribution in [3.05, 3.63) is 82.3 Å². The Morgan fingerprint density at radius 2 is 1.71 bits per heavy atom. The minimum absolute atomic E-state index is 0.0329. The van der Waals surface area contributed by atoms with Gasteiger partial charge < -0.3 is 4.42 Å². The van der Waals surface area contributed by atoms with E-state index in [-0.39, 0.29) is 5.43 Å². The molecule has 118 valence electrons. The second-order valence-corrected chi connectivity index (χ2v) is 5.86. The van der Waals surface area contributed by atoms with Crippen molar-refractivity contribution in [3.8, 4) is 17.0 Å². The molecule has 0 amide bonds. The van der Waals surface area contributed by atoms with Crippen molar-refractivity contribution < 1.29 is 4.42 Å². The number of benzene rings is 2. The van der Waals surface area contributed by atoms with E-state index in [9.17, 15) is 4.79 Å². The highest BCUT2D eigenvalue weighted by molar-refractivity contribution is 5.78. The summed E-state index contributed by atoms with van der Waals surface area (Å²) in [6.07, 6.45) is 0. The van der Waals surface area contributed by atoms with Gasteiger partial charge in [0.25, 0.3) is 0 Å². The molecule has 4 nitrogen and oxygen atoms in total. The lowest BCUT2D eigenvalue weighted by atomic mass is 10.1. The van der Waals surface area contributed by atoms with Crippen molar-refractivity contribution in [1.29, 1.82) is 0 Å². The Hall–Kier alpha value is -3.14. The summed E-state index contributed by atoms with van der Waals surface area (Å²) in [4.78, 5) is 12.2. The number of hydrogen-bond acceptors (Lipinski definition) is 3. The lowest BCUT2D eigenvalue weighted by Crippen LogP contribution is -2.01. The molecule has 0 atom stereocenters. The van der Waals surface area contributed by atoms with E-state index in [4.69, 9.17) is 4.42 Å². The molecule has 0 N–H and O–H groups in total. The topological polar surface area (TPSA) is 48.0 Å². The molecule has 0 aliphatic heterocycles. The van der Waals surface area contributed by atoms with Crippen LogP contribution >= 0.6 is 0 Å². The van der Waals surface area contributed by atoms with Crippen molar-refractivity contribution in [2.24, 2.45) is 0 Å². The molecule has 2 heterocycles. The van der Waals surface area contributed by atoms with Crippen molar-refractivity contribution in [1.82, 2.24) is 9.78 Å². The fourth-order valence-electron chi connectivity index (χ4n) is 2.90. The molecule has 0 saturated carbocycles. The number of para-hydroxylation sites is 1. The Kier molecular flexibility index (Phi) is 3.31. The standard InChI is InChI=1S/C20H16N2O2/c1-13-11-14(2)22(21-13)16-9-7-15(8-10-16)20-12-18(23)17-5-3-4-6-19(17)24-20/h3-12H,1-2H3. The van der Waals surface area contributed by atoms with Gasteiger partial charge in [-0.25, -0.2) is 4.68 Å². The van der Waals surface area contributed by atoms with Crippen molar-refractivity contribution in [2.45, 2.75) is 13.8 Å². The average molecular weight is 316 g/mol. The maximum Gasteiger partial charge on any atom is 0.193 e. The van der Waals surface area contributed by atoms with E-state index in [2.05, 4.69) is 5.10 Å². The first kappa shape index (κ1) is 14.5. The zero-order valence-electron chi connectivity index (χ0n) is 13.5. The van der Waals surface area contributed by atoms with Crippen molar-refractivity contribution >= 4 is 11.0 Å². The molecule has 0 radical (unpaired) electrons. The van der Waals surface area contributed by atoms with Gasteiger partial charge in [0, 0.05) is 17.3 Å². The van der Waals surface area contributed by atoms with Crippen LogP contribution in [0.4, 0.5) is 0 Å². The van der Waals surface area contributed by atoms with Crippen LogP contribution in [0.2, 0.25) is 0 Å². The van der Waals surface area contributed by atoms with E-state index in [0.717, 1.165) is 22.6 Å². The lowest BCUT2D eigenvalue weighted by Gasteiger charge is -2.07. The molecule has 4 aromatic rings. The van der Waals surface area contributed by atoms with Crippen molar-refractivity contribution in [2.75, 3.05) is 0 Å². The molecule has 0 spiro atoms. The quantitative estimate of drug-likeness (QED) is 0.555. The largest absolute Gasteiger partial charge is 0.456 e. The summed E-state index contributed by atoms with van der Waals surface area (Å²) in [6.45, 7) is 4.00. The predicted molar refractivity (Wildman–Crippen MR) is 94.5 cm³/mol. The first-order valence-electron chi connectivity index (χ1n) is 7.79. The third-order valence-corrected chi connectivity index (χ3v) is 4.04. The molecule has 0 saturated heterocycles. The number of aromatic nitrogens is 2. The Bertz CT molecular complexity index is 1090. The van der Waals surface area contributed by atoms with Gasteiger partial charge in [-0.3, -0.25) is 4.79 Å². The van der Waals surface area contributed by atoms with Gasteiger partial charge in [0.1, 0.15) is 11.3 Å². The Morgan fingerprint density at radius 1 is 0.958 bits per heavy atom. The highest BCUT2D eigenvalue weighted by Crippen LogP contribution is 2.23. The maximum absolute atomic E-state index is 12.2. The second kappa shape index (κ2) is 5.49. The fourth-order valence-corrected chi connectivity index (χ4v) is 2.90. The zero-order chi connectivity index (χ0) is 16.7. The van der Waals surface area contributed by atoms with Gasteiger partial charge >= 0.3 is 0 Å². The third kappa shape index (κ3) is 2.42. The van der Waals surface area contributed by atoms with Crippen LogP contribution in [0.25, 0.3) is 28.0 Å². The van der Waals surface area contributed by atoms with Crippen LogP contribution in [0, 0.1) is 13.8 Å². The zero-order valence-corrected chi connectivity index (χ0v) is 13.5. The summed E-state index contributed by atoms with van der Waals surface area (Å²) >= 11 is 0. The highest BCUT2D eigenvalue weighted by Gasteiger charge is 2.08. The summed E-state index contributed by atoms with van der Waals surface area (Å²) in [6, 6.07) is 18.7. The van der Waals surface area contributed by atoms with E-state index >= 15 is 0 Å². The maximum atomic E-state index is 12.2. The molecular formula is C20H16N2O2. The molecule has 4 heteroatoms. The number of hydrogen-bond donors (Lipinski definition) is 0. The number of fused-ring (bicyclic) bond motifs is 1. The minimum Gasteiger partial charge on any atom is -0.456 e. The minimum atomic E-state index is -0.0329. The number of nitrogens with zero attached hydrogens (tertiary/aromatic N) is 2. The van der Waals surface area contributed by atoms with E-state index in [1.165, 1.54) is 0 Å². The molecule has 0 fully saturated rings. The molecule has 0 unspecified atom stereocenters. The van der Waals surface area contributed by atoms with E-state index < -0.39 is 0 Å². The van der Waals surface area contributed by atoms with E-state index in [0.29, 0.717) is 16.7 Å². The van der Waals surface area contributed by atoms with Gasteiger partial charge in [0.05, 0.1) is 16.8 Å². The predicted octanol–water partition coefficient (Wildman–Crippen LogP) is 4.26. The third-order valence-electron chi connectivity index (χ3n) is 4.04. The van der Waals surface area contributed by atoms with Crippen LogP contribution in [-0.2, 0) is 0 Å². The van der Waals surface area contributed by atoms with Crippen LogP contribution in [0.15, 0.2) is 69.9 Å². The summed E-state index contributed by atoms with van der Waals surface area (Å²) in [5, 5.41) is 5.08. The Balaban J connectivity index is 1.78. The van der Waals surface area contributed by atoms with Crippen LogP contribution in [-0.4, -0.2) is 9.78 Å². The van der Waals surface area contributed by atoms with Crippen LogP contribution in [0.1, 0.15) is 11.4 Å².